The average Bonchev–Trinajstić information content (AvgIpc) is 2.27. The predicted octanol–water partition coefficient (Wildman–Crippen LogP) is 1.33. The van der Waals surface area contributed by atoms with Crippen LogP contribution in [0.5, 0.6) is 0 Å². The summed E-state index contributed by atoms with van der Waals surface area (Å²) in [6.45, 7) is 0. The van der Waals surface area contributed by atoms with Crippen molar-refractivity contribution < 1.29 is 23.6 Å². The van der Waals surface area contributed by atoms with Crippen LogP contribution in [0.25, 0.3) is 0 Å². The number of carbonyl (C=O) groups is 2. The molecule has 84 valence electrons. The first kappa shape index (κ1) is 11.8. The molecule has 0 spiro atoms. The monoisotopic (exact) mass is 227 g/mol. The standard InChI is InChI=1S/C9H6FNO5/c1-16-9(13)6-3-7(10)5(4-12)2-8(6)11(14)15/h2-4H,1H3. The molecule has 1 aromatic rings. The third-order valence-corrected chi connectivity index (χ3v) is 1.84. The van der Waals surface area contributed by atoms with Crippen molar-refractivity contribution in [2.75, 3.05) is 7.11 Å². The van der Waals surface area contributed by atoms with Gasteiger partial charge in [0.25, 0.3) is 5.69 Å². The molecule has 0 fully saturated rings. The molecule has 1 aromatic carbocycles. The molecule has 0 saturated heterocycles. The zero-order chi connectivity index (χ0) is 12.3. The lowest BCUT2D eigenvalue weighted by molar-refractivity contribution is -0.385. The first-order valence-corrected chi connectivity index (χ1v) is 4.02. The number of nitro groups is 1. The molecule has 0 unspecified atom stereocenters. The fraction of sp³-hybridized carbons (Fsp3) is 0.111. The summed E-state index contributed by atoms with van der Waals surface area (Å²) in [7, 11) is 1.01. The molecule has 0 aliphatic rings. The van der Waals surface area contributed by atoms with E-state index in [4.69, 9.17) is 0 Å². The van der Waals surface area contributed by atoms with Crippen molar-refractivity contribution in [3.8, 4) is 0 Å². The number of methoxy groups -OCH3 is 1. The zero-order valence-electron chi connectivity index (χ0n) is 8.10. The van der Waals surface area contributed by atoms with Gasteiger partial charge in [-0.3, -0.25) is 14.9 Å². The molecule has 0 N–H and O–H groups in total. The predicted molar refractivity (Wildman–Crippen MR) is 49.8 cm³/mol. The van der Waals surface area contributed by atoms with E-state index in [1.807, 2.05) is 0 Å². The Morgan fingerprint density at radius 3 is 2.62 bits per heavy atom. The molecule has 0 saturated carbocycles. The van der Waals surface area contributed by atoms with Gasteiger partial charge in [0.05, 0.1) is 17.6 Å². The van der Waals surface area contributed by atoms with E-state index < -0.39 is 33.5 Å². The molecule has 0 heterocycles. The molecular formula is C9H6FNO5. The fourth-order valence-electron chi connectivity index (χ4n) is 1.09. The van der Waals surface area contributed by atoms with Crippen LogP contribution in [0.1, 0.15) is 20.7 Å². The van der Waals surface area contributed by atoms with Crippen LogP contribution in [-0.2, 0) is 4.74 Å². The molecule has 0 atom stereocenters. The topological polar surface area (TPSA) is 86.5 Å². The smallest absolute Gasteiger partial charge is 0.344 e. The quantitative estimate of drug-likeness (QED) is 0.336. The van der Waals surface area contributed by atoms with E-state index in [-0.39, 0.29) is 6.29 Å². The van der Waals surface area contributed by atoms with Gasteiger partial charge < -0.3 is 4.74 Å². The summed E-state index contributed by atoms with van der Waals surface area (Å²) >= 11 is 0. The fourth-order valence-corrected chi connectivity index (χ4v) is 1.09. The molecule has 0 aliphatic carbocycles. The van der Waals surface area contributed by atoms with Gasteiger partial charge in [-0.05, 0) is 6.07 Å². The van der Waals surface area contributed by atoms with Crippen LogP contribution in [-0.4, -0.2) is 24.3 Å². The third-order valence-electron chi connectivity index (χ3n) is 1.84. The van der Waals surface area contributed by atoms with E-state index in [0.717, 1.165) is 7.11 Å². The van der Waals surface area contributed by atoms with E-state index in [0.29, 0.717) is 12.1 Å². The number of ether oxygens (including phenoxy) is 1. The van der Waals surface area contributed by atoms with E-state index >= 15 is 0 Å². The number of aldehydes is 1. The Kier molecular flexibility index (Phi) is 3.29. The number of nitro benzene ring substituents is 1. The molecule has 16 heavy (non-hydrogen) atoms. The SMILES string of the molecule is COC(=O)c1cc(F)c(C=O)cc1[N+](=O)[O-]. The Hall–Kier alpha value is -2.31. The Morgan fingerprint density at radius 1 is 1.56 bits per heavy atom. The van der Waals surface area contributed by atoms with Crippen LogP contribution in [0, 0.1) is 15.9 Å². The Balaban J connectivity index is 3.47. The highest BCUT2D eigenvalue weighted by Gasteiger charge is 2.23. The van der Waals surface area contributed by atoms with Gasteiger partial charge in [-0.2, -0.15) is 0 Å². The summed E-state index contributed by atoms with van der Waals surface area (Å²) < 4.78 is 17.4. The highest BCUT2D eigenvalue weighted by molar-refractivity contribution is 5.95. The Labute approximate surface area is 88.8 Å². The van der Waals surface area contributed by atoms with Gasteiger partial charge in [0.2, 0.25) is 0 Å². The van der Waals surface area contributed by atoms with E-state index in [1.165, 1.54) is 0 Å². The van der Waals surface area contributed by atoms with Crippen LogP contribution < -0.4 is 0 Å². The van der Waals surface area contributed by atoms with E-state index in [9.17, 15) is 24.1 Å². The van der Waals surface area contributed by atoms with Gasteiger partial charge in [-0.15, -0.1) is 0 Å². The van der Waals surface area contributed by atoms with Crippen LogP contribution in [0.3, 0.4) is 0 Å². The molecular weight excluding hydrogens is 221 g/mol. The summed E-state index contributed by atoms with van der Waals surface area (Å²) in [4.78, 5) is 31.2. The van der Waals surface area contributed by atoms with Crippen LogP contribution in [0.4, 0.5) is 10.1 Å². The Morgan fingerprint density at radius 2 is 2.19 bits per heavy atom. The molecule has 7 heteroatoms. The number of hydrogen-bond acceptors (Lipinski definition) is 5. The molecule has 0 bridgehead atoms. The zero-order valence-corrected chi connectivity index (χ0v) is 8.10. The van der Waals surface area contributed by atoms with Crippen molar-refractivity contribution in [3.63, 3.8) is 0 Å². The number of halogens is 1. The molecule has 0 radical (unpaired) electrons. The second-order valence-corrected chi connectivity index (χ2v) is 2.76. The second-order valence-electron chi connectivity index (χ2n) is 2.76. The maximum absolute atomic E-state index is 13.1. The first-order valence-electron chi connectivity index (χ1n) is 4.02. The van der Waals surface area contributed by atoms with Gasteiger partial charge in [0.1, 0.15) is 11.4 Å². The summed E-state index contributed by atoms with van der Waals surface area (Å²) in [6, 6.07) is 1.29. The van der Waals surface area contributed by atoms with Crippen molar-refractivity contribution in [1.82, 2.24) is 0 Å². The minimum absolute atomic E-state index is 0.128. The normalized spacial score (nSPS) is 9.62. The van der Waals surface area contributed by atoms with Crippen molar-refractivity contribution in [2.45, 2.75) is 0 Å². The summed E-state index contributed by atoms with van der Waals surface area (Å²) in [6.07, 6.45) is 0.128. The number of carbonyl (C=O) groups excluding carboxylic acids is 2. The van der Waals surface area contributed by atoms with Gasteiger partial charge in [-0.25, -0.2) is 9.18 Å². The van der Waals surface area contributed by atoms with Crippen molar-refractivity contribution in [3.05, 3.63) is 39.2 Å². The lowest BCUT2D eigenvalue weighted by atomic mass is 10.1. The number of nitrogens with zero attached hydrogens (tertiary/aromatic N) is 1. The molecule has 0 aromatic heterocycles. The summed E-state index contributed by atoms with van der Waals surface area (Å²) in [5.74, 6) is -2.05. The summed E-state index contributed by atoms with van der Waals surface area (Å²) in [5, 5.41) is 10.6. The minimum Gasteiger partial charge on any atom is -0.465 e. The average molecular weight is 227 g/mol. The third kappa shape index (κ3) is 2.02. The lowest BCUT2D eigenvalue weighted by Gasteiger charge is -2.02. The number of esters is 1. The molecule has 0 aliphatic heterocycles. The van der Waals surface area contributed by atoms with E-state index in [2.05, 4.69) is 4.74 Å². The summed E-state index contributed by atoms with van der Waals surface area (Å²) in [5.41, 5.74) is -1.69. The molecule has 1 rings (SSSR count). The van der Waals surface area contributed by atoms with E-state index in [1.54, 1.807) is 0 Å². The highest BCUT2D eigenvalue weighted by atomic mass is 19.1. The molecule has 0 amide bonds. The minimum atomic E-state index is -1.04. The van der Waals surface area contributed by atoms with Crippen molar-refractivity contribution >= 4 is 17.9 Å². The van der Waals surface area contributed by atoms with Crippen LogP contribution in [0.2, 0.25) is 0 Å². The van der Waals surface area contributed by atoms with Gasteiger partial charge in [-0.1, -0.05) is 0 Å². The highest BCUT2D eigenvalue weighted by Crippen LogP contribution is 2.22. The lowest BCUT2D eigenvalue weighted by Crippen LogP contribution is -2.07. The largest absolute Gasteiger partial charge is 0.465 e. The Bertz CT molecular complexity index is 471. The van der Waals surface area contributed by atoms with Crippen LogP contribution >= 0.6 is 0 Å². The number of rotatable bonds is 3. The van der Waals surface area contributed by atoms with Gasteiger partial charge >= 0.3 is 5.97 Å². The van der Waals surface area contributed by atoms with Crippen LogP contribution in [0.15, 0.2) is 12.1 Å². The van der Waals surface area contributed by atoms with Crippen molar-refractivity contribution in [2.24, 2.45) is 0 Å². The second kappa shape index (κ2) is 4.47. The maximum atomic E-state index is 13.1. The number of benzene rings is 1. The van der Waals surface area contributed by atoms with Gasteiger partial charge in [0.15, 0.2) is 6.29 Å². The maximum Gasteiger partial charge on any atom is 0.344 e. The van der Waals surface area contributed by atoms with Gasteiger partial charge in [0, 0.05) is 6.07 Å². The first-order chi connectivity index (χ1) is 7.51. The van der Waals surface area contributed by atoms with Crippen molar-refractivity contribution in [1.29, 1.82) is 0 Å². The number of hydrogen-bond donors (Lipinski definition) is 0. The molecule has 6 nitrogen and oxygen atoms in total.